The van der Waals surface area contributed by atoms with Gasteiger partial charge in [-0.1, -0.05) is 12.1 Å². The van der Waals surface area contributed by atoms with Crippen molar-refractivity contribution in [3.8, 4) is 17.1 Å². The van der Waals surface area contributed by atoms with Crippen molar-refractivity contribution in [1.29, 1.82) is 0 Å². The Morgan fingerprint density at radius 1 is 1.19 bits per heavy atom. The number of aromatic nitrogens is 4. The van der Waals surface area contributed by atoms with Crippen molar-refractivity contribution in [3.05, 3.63) is 48.7 Å². The van der Waals surface area contributed by atoms with Crippen molar-refractivity contribution in [2.45, 2.75) is 24.2 Å². The first-order valence-electron chi connectivity index (χ1n) is 10.1. The van der Waals surface area contributed by atoms with E-state index in [2.05, 4.69) is 25.3 Å². The minimum absolute atomic E-state index is 0.0364. The third kappa shape index (κ3) is 4.86. The van der Waals surface area contributed by atoms with Crippen molar-refractivity contribution in [2.75, 3.05) is 25.4 Å². The summed E-state index contributed by atoms with van der Waals surface area (Å²) in [6, 6.07) is 6.34. The second-order valence-corrected chi connectivity index (χ2v) is 9.16. The average molecular weight is 458 g/mol. The van der Waals surface area contributed by atoms with Crippen LogP contribution in [-0.4, -0.2) is 58.4 Å². The lowest BCUT2D eigenvalue weighted by atomic mass is 10.2. The number of nitrogens with two attached hydrogens (primary N) is 1. The molecule has 3 aromatic rings. The highest BCUT2D eigenvalue weighted by Crippen LogP contribution is 2.26. The molecule has 0 radical (unpaired) electrons. The van der Waals surface area contributed by atoms with Crippen LogP contribution < -0.4 is 15.8 Å². The van der Waals surface area contributed by atoms with E-state index in [9.17, 15) is 13.2 Å². The molecular weight excluding hydrogens is 434 g/mol. The molecule has 1 fully saturated rings. The third-order valence-corrected chi connectivity index (χ3v) is 6.94. The van der Waals surface area contributed by atoms with Gasteiger partial charge in [0.2, 0.25) is 10.0 Å². The molecule has 11 nitrogen and oxygen atoms in total. The number of nitrogen functional groups attached to an aromatic ring is 1. The van der Waals surface area contributed by atoms with Crippen molar-refractivity contribution in [3.63, 3.8) is 0 Å². The van der Waals surface area contributed by atoms with Crippen molar-refractivity contribution >= 4 is 21.9 Å². The number of carbonyl (C=O) groups is 1. The predicted octanol–water partition coefficient (Wildman–Crippen LogP) is 1.56. The van der Waals surface area contributed by atoms with Crippen LogP contribution in [0.5, 0.6) is 5.88 Å². The van der Waals surface area contributed by atoms with Crippen LogP contribution in [0, 0.1) is 0 Å². The number of anilines is 1. The molecule has 2 aromatic heterocycles. The summed E-state index contributed by atoms with van der Waals surface area (Å²) in [6.45, 7) is 1.41. The number of benzene rings is 1. The quantitative estimate of drug-likeness (QED) is 0.482. The summed E-state index contributed by atoms with van der Waals surface area (Å²) in [4.78, 5) is 27.4. The zero-order valence-electron chi connectivity index (χ0n) is 17.2. The number of ether oxygens (including phenoxy) is 1. The van der Waals surface area contributed by atoms with Crippen LogP contribution in [0.25, 0.3) is 11.3 Å². The number of amides is 1. The standard InChI is InChI=1S/C20H23N7O4S/c21-18-19(31-20(28)23-8-7-15-11-22-13-25-15)26-17(12-24-18)14-3-5-16(6-4-14)32(29,30)27-9-1-2-10-27/h3-6,11-13H,1-2,7-10H2,(H2,21,24)(H,22,25)(H,23,28). The number of carbonyl (C=O) groups excluding carboxylic acids is 1. The number of H-pyrrole nitrogens is 1. The summed E-state index contributed by atoms with van der Waals surface area (Å²) in [7, 11) is -3.50. The number of rotatable bonds is 7. The minimum Gasteiger partial charge on any atom is -0.387 e. The summed E-state index contributed by atoms with van der Waals surface area (Å²) >= 11 is 0. The van der Waals surface area contributed by atoms with Gasteiger partial charge in [0.1, 0.15) is 0 Å². The number of aromatic amines is 1. The van der Waals surface area contributed by atoms with Gasteiger partial charge in [-0.2, -0.15) is 4.31 Å². The van der Waals surface area contributed by atoms with E-state index in [0.29, 0.717) is 37.3 Å². The fourth-order valence-electron chi connectivity index (χ4n) is 3.32. The van der Waals surface area contributed by atoms with E-state index in [1.54, 1.807) is 24.7 Å². The SMILES string of the molecule is Nc1ncc(-c2ccc(S(=O)(=O)N3CCCC3)cc2)nc1OC(=O)NCCc1cnc[nH]1. The average Bonchev–Trinajstić information content (AvgIpc) is 3.50. The second kappa shape index (κ2) is 9.32. The van der Waals surface area contributed by atoms with Gasteiger partial charge in [-0.25, -0.2) is 28.2 Å². The molecule has 4 rings (SSSR count). The van der Waals surface area contributed by atoms with E-state index >= 15 is 0 Å². The van der Waals surface area contributed by atoms with E-state index < -0.39 is 16.1 Å². The van der Waals surface area contributed by atoms with E-state index in [0.717, 1.165) is 18.5 Å². The van der Waals surface area contributed by atoms with Crippen molar-refractivity contribution in [2.24, 2.45) is 0 Å². The van der Waals surface area contributed by atoms with Crippen LogP contribution in [0.2, 0.25) is 0 Å². The molecule has 0 saturated carbocycles. The van der Waals surface area contributed by atoms with Crippen LogP contribution in [-0.2, 0) is 16.4 Å². The molecule has 0 bridgehead atoms. The summed E-state index contributed by atoms with van der Waals surface area (Å²) in [5.74, 6) is -0.166. The topological polar surface area (TPSA) is 156 Å². The molecule has 0 aliphatic carbocycles. The molecule has 32 heavy (non-hydrogen) atoms. The Morgan fingerprint density at radius 3 is 2.62 bits per heavy atom. The number of sulfonamides is 1. The van der Waals surface area contributed by atoms with Crippen LogP contribution in [0.3, 0.4) is 0 Å². The predicted molar refractivity (Wildman–Crippen MR) is 116 cm³/mol. The van der Waals surface area contributed by atoms with E-state index in [-0.39, 0.29) is 16.6 Å². The summed E-state index contributed by atoms with van der Waals surface area (Å²) in [6.07, 6.45) is 6.25. The largest absolute Gasteiger partial charge is 0.414 e. The molecule has 0 unspecified atom stereocenters. The zero-order chi connectivity index (χ0) is 22.6. The number of hydrogen-bond acceptors (Lipinski definition) is 8. The van der Waals surface area contributed by atoms with Gasteiger partial charge in [-0.3, -0.25) is 0 Å². The molecule has 0 atom stereocenters. The maximum Gasteiger partial charge on any atom is 0.414 e. The number of hydrogen-bond donors (Lipinski definition) is 3. The Kier molecular flexibility index (Phi) is 6.32. The van der Waals surface area contributed by atoms with Gasteiger partial charge < -0.3 is 20.8 Å². The van der Waals surface area contributed by atoms with Crippen molar-refractivity contribution < 1.29 is 17.9 Å². The lowest BCUT2D eigenvalue weighted by molar-refractivity contribution is 0.199. The second-order valence-electron chi connectivity index (χ2n) is 7.22. The van der Waals surface area contributed by atoms with Crippen LogP contribution >= 0.6 is 0 Å². The fraction of sp³-hybridized carbons (Fsp3) is 0.300. The van der Waals surface area contributed by atoms with E-state index in [4.69, 9.17) is 10.5 Å². The molecule has 168 valence electrons. The Labute approximate surface area is 185 Å². The lowest BCUT2D eigenvalue weighted by Gasteiger charge is -2.15. The zero-order valence-corrected chi connectivity index (χ0v) is 18.0. The molecule has 1 saturated heterocycles. The number of imidazole rings is 1. The normalized spacial score (nSPS) is 14.4. The minimum atomic E-state index is -3.50. The highest BCUT2D eigenvalue weighted by Gasteiger charge is 2.27. The van der Waals surface area contributed by atoms with Gasteiger partial charge in [0.15, 0.2) is 5.82 Å². The lowest BCUT2D eigenvalue weighted by Crippen LogP contribution is -2.29. The molecule has 3 heterocycles. The highest BCUT2D eigenvalue weighted by molar-refractivity contribution is 7.89. The van der Waals surface area contributed by atoms with Gasteiger partial charge in [-0.15, -0.1) is 0 Å². The van der Waals surface area contributed by atoms with Gasteiger partial charge in [0.25, 0.3) is 5.88 Å². The third-order valence-electron chi connectivity index (χ3n) is 5.03. The first-order chi connectivity index (χ1) is 15.4. The fourth-order valence-corrected chi connectivity index (χ4v) is 4.83. The van der Waals surface area contributed by atoms with Gasteiger partial charge >= 0.3 is 6.09 Å². The molecule has 1 aliphatic heterocycles. The molecule has 1 aromatic carbocycles. The molecule has 4 N–H and O–H groups in total. The van der Waals surface area contributed by atoms with Crippen LogP contribution in [0.15, 0.2) is 47.9 Å². The molecular formula is C20H23N7O4S. The Balaban J connectivity index is 1.43. The number of nitrogens with zero attached hydrogens (tertiary/aromatic N) is 4. The van der Waals surface area contributed by atoms with Gasteiger partial charge in [-0.05, 0) is 25.0 Å². The highest BCUT2D eigenvalue weighted by atomic mass is 32.2. The van der Waals surface area contributed by atoms with Crippen LogP contribution in [0.4, 0.5) is 10.6 Å². The smallest absolute Gasteiger partial charge is 0.387 e. The van der Waals surface area contributed by atoms with E-state index in [1.165, 1.54) is 22.6 Å². The molecule has 1 aliphatic rings. The van der Waals surface area contributed by atoms with E-state index in [1.807, 2.05) is 0 Å². The molecule has 0 spiro atoms. The first-order valence-corrected chi connectivity index (χ1v) is 11.5. The van der Waals surface area contributed by atoms with Gasteiger partial charge in [0, 0.05) is 43.5 Å². The maximum atomic E-state index is 12.7. The van der Waals surface area contributed by atoms with Crippen molar-refractivity contribution in [1.82, 2.24) is 29.6 Å². The molecule has 12 heteroatoms. The van der Waals surface area contributed by atoms with Gasteiger partial charge in [0.05, 0.1) is 23.1 Å². The summed E-state index contributed by atoms with van der Waals surface area (Å²) in [5, 5.41) is 2.60. The summed E-state index contributed by atoms with van der Waals surface area (Å²) < 4.78 is 32.0. The monoisotopic (exact) mass is 457 g/mol. The Bertz CT molecular complexity index is 1180. The summed E-state index contributed by atoms with van der Waals surface area (Å²) in [5.41, 5.74) is 7.68. The van der Waals surface area contributed by atoms with Crippen LogP contribution in [0.1, 0.15) is 18.5 Å². The molecule has 1 amide bonds. The Morgan fingerprint density at radius 2 is 1.94 bits per heavy atom. The maximum absolute atomic E-state index is 12.7. The number of nitrogens with one attached hydrogen (secondary N) is 2. The first kappa shape index (κ1) is 21.7. The Hall–Kier alpha value is -3.51.